The van der Waals surface area contributed by atoms with E-state index in [1.54, 1.807) is 0 Å². The topological polar surface area (TPSA) is 34.1 Å². The smallest absolute Gasteiger partial charge is 0.205 e. The summed E-state index contributed by atoms with van der Waals surface area (Å²) in [5, 5.41) is 0. The number of rotatable bonds is 0. The molecule has 0 atom stereocenters. The third-order valence-corrected chi connectivity index (χ3v) is 0. The van der Waals surface area contributed by atoms with Crippen molar-refractivity contribution >= 4 is 36.3 Å². The van der Waals surface area contributed by atoms with E-state index in [0.29, 0.717) is 0 Å². The first-order valence-electron chi connectivity index (χ1n) is 0.642. The maximum absolute atomic E-state index is 9.47. The first-order valence-corrected chi connectivity index (χ1v) is 5.81. The molecular formula is CH4Br2O2S. The summed E-state index contributed by atoms with van der Waals surface area (Å²) < 4.78 is 18.9. The highest BCUT2D eigenvalue weighted by atomic mass is 79.9. The van der Waals surface area contributed by atoms with Crippen LogP contribution in [0.3, 0.4) is 0 Å². The van der Waals surface area contributed by atoms with E-state index in [-0.39, 0.29) is 7.43 Å². The summed E-state index contributed by atoms with van der Waals surface area (Å²) in [4.78, 5) is 0. The largest absolute Gasteiger partial charge is 0.268 e. The first-order chi connectivity index (χ1) is 2.00. The van der Waals surface area contributed by atoms with Crippen molar-refractivity contribution in [2.24, 2.45) is 0 Å². The zero-order chi connectivity index (χ0) is 4.50. The molecule has 6 heavy (non-hydrogen) atoms. The van der Waals surface area contributed by atoms with Gasteiger partial charge < -0.3 is 0 Å². The Morgan fingerprint density at radius 3 is 1.17 bits per heavy atom. The molecule has 0 unspecified atom stereocenters. The van der Waals surface area contributed by atoms with Crippen molar-refractivity contribution in [1.29, 1.82) is 0 Å². The van der Waals surface area contributed by atoms with E-state index >= 15 is 0 Å². The van der Waals surface area contributed by atoms with Gasteiger partial charge in [-0.15, -0.1) is 0 Å². The summed E-state index contributed by atoms with van der Waals surface area (Å²) in [6.45, 7) is -3.04. The van der Waals surface area contributed by atoms with Crippen LogP contribution in [0, 0.1) is 0 Å². The van der Waals surface area contributed by atoms with E-state index in [9.17, 15) is 8.42 Å². The minimum absolute atomic E-state index is 0. The second-order valence-electron chi connectivity index (χ2n) is 0.378. The SMILES string of the molecule is C.O=S(=O)(Br)Br. The molecule has 0 aromatic rings. The van der Waals surface area contributed by atoms with Gasteiger partial charge in [0.05, 0.1) is 29.6 Å². The lowest BCUT2D eigenvalue weighted by Crippen LogP contribution is -1.60. The van der Waals surface area contributed by atoms with Gasteiger partial charge >= 0.3 is 0 Å². The average Bonchev–Trinajstić information content (AvgIpc) is 0.722. The highest BCUT2D eigenvalue weighted by molar-refractivity contribution is 9.79. The Kier molecular flexibility index (Phi) is 4.98. The molecule has 0 spiro atoms. The lowest BCUT2D eigenvalue weighted by molar-refractivity contribution is 0.625. The van der Waals surface area contributed by atoms with Gasteiger partial charge in [0.25, 0.3) is 6.70 Å². The molecular weight excluding hydrogens is 236 g/mol. The minimum Gasteiger partial charge on any atom is -0.205 e. The van der Waals surface area contributed by atoms with Crippen molar-refractivity contribution in [3.8, 4) is 0 Å². The predicted molar refractivity (Wildman–Crippen MR) is 33.5 cm³/mol. The monoisotopic (exact) mass is 238 g/mol. The zero-order valence-corrected chi connectivity index (χ0v) is 5.97. The molecule has 0 aliphatic rings. The van der Waals surface area contributed by atoms with Gasteiger partial charge in [-0.05, 0) is 0 Å². The molecule has 0 rings (SSSR count). The van der Waals surface area contributed by atoms with Gasteiger partial charge in [-0.1, -0.05) is 7.43 Å². The molecule has 5 heteroatoms. The van der Waals surface area contributed by atoms with Crippen LogP contribution < -0.4 is 0 Å². The Bertz CT molecular complexity index is 94.7. The van der Waals surface area contributed by atoms with E-state index in [0.717, 1.165) is 0 Å². The summed E-state index contributed by atoms with van der Waals surface area (Å²) in [5.41, 5.74) is 0. The van der Waals surface area contributed by atoms with Crippen LogP contribution in [0.25, 0.3) is 0 Å². The third kappa shape index (κ3) is 90.6. The lowest BCUT2D eigenvalue weighted by Gasteiger charge is -1.62. The molecule has 40 valence electrons. The molecule has 0 radical (unpaired) electrons. The van der Waals surface area contributed by atoms with Crippen molar-refractivity contribution in [3.05, 3.63) is 0 Å². The Morgan fingerprint density at radius 2 is 1.17 bits per heavy atom. The fraction of sp³-hybridized carbons (Fsp3) is 1.00. The highest BCUT2D eigenvalue weighted by Crippen LogP contribution is 2.06. The molecule has 0 bridgehead atoms. The number of hydrogen-bond donors (Lipinski definition) is 0. The Balaban J connectivity index is 0. The average molecular weight is 240 g/mol. The molecule has 0 aliphatic carbocycles. The summed E-state index contributed by atoms with van der Waals surface area (Å²) in [7, 11) is 0. The van der Waals surface area contributed by atoms with Crippen LogP contribution in [-0.2, 0) is 6.70 Å². The molecule has 0 amide bonds. The fourth-order valence-corrected chi connectivity index (χ4v) is 0. The molecule has 0 saturated carbocycles. The molecule has 0 aromatic carbocycles. The minimum atomic E-state index is -3.04. The van der Waals surface area contributed by atoms with E-state index in [2.05, 4.69) is 29.6 Å². The maximum Gasteiger partial charge on any atom is 0.268 e. The Labute approximate surface area is 52.3 Å². The Morgan fingerprint density at radius 1 is 1.17 bits per heavy atom. The second-order valence-corrected chi connectivity index (χ2v) is 8.86. The van der Waals surface area contributed by atoms with Crippen LogP contribution in [-0.4, -0.2) is 8.42 Å². The molecule has 0 fully saturated rings. The van der Waals surface area contributed by atoms with Crippen LogP contribution in [0.15, 0.2) is 0 Å². The van der Waals surface area contributed by atoms with Gasteiger partial charge in [0.15, 0.2) is 0 Å². The van der Waals surface area contributed by atoms with Gasteiger partial charge in [0.2, 0.25) is 0 Å². The van der Waals surface area contributed by atoms with Crippen molar-refractivity contribution in [3.63, 3.8) is 0 Å². The highest BCUT2D eigenvalue weighted by Gasteiger charge is 1.87. The van der Waals surface area contributed by atoms with Crippen LogP contribution in [0.2, 0.25) is 0 Å². The third-order valence-electron chi connectivity index (χ3n) is 0. The number of hydrogen-bond acceptors (Lipinski definition) is 2. The van der Waals surface area contributed by atoms with Gasteiger partial charge in [-0.2, -0.15) is 0 Å². The summed E-state index contributed by atoms with van der Waals surface area (Å²) in [6.07, 6.45) is 0. The number of halogens is 2. The molecule has 0 N–H and O–H groups in total. The fourth-order valence-electron chi connectivity index (χ4n) is 0. The van der Waals surface area contributed by atoms with Crippen LogP contribution in [0.5, 0.6) is 0 Å². The van der Waals surface area contributed by atoms with E-state index in [4.69, 9.17) is 0 Å². The molecule has 0 aliphatic heterocycles. The summed E-state index contributed by atoms with van der Waals surface area (Å²) in [5.74, 6) is 0. The molecule has 0 aromatic heterocycles. The lowest BCUT2D eigenvalue weighted by atomic mass is 12.0. The zero-order valence-electron chi connectivity index (χ0n) is 1.98. The van der Waals surface area contributed by atoms with Gasteiger partial charge in [-0.25, -0.2) is 8.42 Å². The van der Waals surface area contributed by atoms with Gasteiger partial charge in [-0.3, -0.25) is 0 Å². The van der Waals surface area contributed by atoms with Gasteiger partial charge in [0.1, 0.15) is 0 Å². The second kappa shape index (κ2) is 2.98. The maximum atomic E-state index is 9.47. The van der Waals surface area contributed by atoms with Crippen LogP contribution in [0.4, 0.5) is 0 Å². The van der Waals surface area contributed by atoms with Crippen LogP contribution >= 0.6 is 29.6 Å². The normalized spacial score (nSPS) is 9.67. The summed E-state index contributed by atoms with van der Waals surface area (Å²) >= 11 is 4.53. The van der Waals surface area contributed by atoms with Crippen molar-refractivity contribution in [2.45, 2.75) is 7.43 Å². The molecule has 0 saturated heterocycles. The van der Waals surface area contributed by atoms with Crippen molar-refractivity contribution < 1.29 is 8.42 Å². The summed E-state index contributed by atoms with van der Waals surface area (Å²) in [6, 6.07) is 0. The van der Waals surface area contributed by atoms with E-state index in [1.807, 2.05) is 0 Å². The predicted octanol–water partition coefficient (Wildman–Crippen LogP) is 1.66. The van der Waals surface area contributed by atoms with Crippen LogP contribution in [0.1, 0.15) is 7.43 Å². The first kappa shape index (κ1) is 10.0. The van der Waals surface area contributed by atoms with Gasteiger partial charge in [0, 0.05) is 0 Å². The molecule has 0 heterocycles. The molecule has 2 nitrogen and oxygen atoms in total. The quantitative estimate of drug-likeness (QED) is 0.603. The van der Waals surface area contributed by atoms with Crippen molar-refractivity contribution in [1.82, 2.24) is 0 Å². The van der Waals surface area contributed by atoms with E-state index < -0.39 is 6.70 Å². The standard InChI is InChI=1S/CH4.Br2O2S/c;1-5(2,3)4/h1H4;. The Hall–Kier alpha value is 0.910. The van der Waals surface area contributed by atoms with Crippen molar-refractivity contribution in [2.75, 3.05) is 0 Å². The van der Waals surface area contributed by atoms with E-state index in [1.165, 1.54) is 0 Å².